The van der Waals surface area contributed by atoms with E-state index in [0.717, 1.165) is 18.2 Å². The summed E-state index contributed by atoms with van der Waals surface area (Å²) >= 11 is 6.41. The van der Waals surface area contributed by atoms with Gasteiger partial charge in [-0.25, -0.2) is 13.6 Å². The molecule has 10 heteroatoms. The van der Waals surface area contributed by atoms with Crippen LogP contribution in [0.15, 0.2) is 72.3 Å². The molecule has 178 valence electrons. The number of halogens is 3. The third-order valence-corrected chi connectivity index (χ3v) is 6.22. The fourth-order valence-corrected chi connectivity index (χ4v) is 4.59. The van der Waals surface area contributed by atoms with Gasteiger partial charge < -0.3 is 9.64 Å². The molecule has 0 N–H and O–H groups in total. The molecular formula is C25H19ClF2N4O3. The topological polar surface area (TPSA) is 69.4 Å². The van der Waals surface area contributed by atoms with Crippen molar-refractivity contribution in [1.82, 2.24) is 19.0 Å². The predicted octanol–water partition coefficient (Wildman–Crippen LogP) is 4.87. The lowest BCUT2D eigenvalue weighted by Crippen LogP contribution is -2.31. The fourth-order valence-electron chi connectivity index (χ4n) is 4.38. The number of ether oxygens (including phenoxy) is 1. The minimum atomic E-state index is -0.778. The van der Waals surface area contributed by atoms with Crippen LogP contribution in [0.1, 0.15) is 12.5 Å². The van der Waals surface area contributed by atoms with Crippen molar-refractivity contribution in [2.75, 3.05) is 13.1 Å². The highest BCUT2D eigenvalue weighted by atomic mass is 35.5. The van der Waals surface area contributed by atoms with E-state index in [1.807, 2.05) is 0 Å². The molecule has 5 rings (SSSR count). The number of benzene rings is 2. The number of imidazole rings is 1. The summed E-state index contributed by atoms with van der Waals surface area (Å²) in [6, 6.07) is 9.04. The van der Waals surface area contributed by atoms with Gasteiger partial charge >= 0.3 is 5.69 Å². The summed E-state index contributed by atoms with van der Waals surface area (Å²) in [4.78, 5) is 31.5. The second-order valence-electron chi connectivity index (χ2n) is 8.11. The Morgan fingerprint density at radius 1 is 1.14 bits per heavy atom. The smallest absolute Gasteiger partial charge is 0.334 e. The maximum absolute atomic E-state index is 13.6. The molecule has 1 fully saturated rings. The molecule has 7 nitrogen and oxygen atoms in total. The van der Waals surface area contributed by atoms with Crippen LogP contribution in [-0.4, -0.2) is 38.0 Å². The molecule has 0 bridgehead atoms. The van der Waals surface area contributed by atoms with E-state index in [-0.39, 0.29) is 34.2 Å². The van der Waals surface area contributed by atoms with Crippen molar-refractivity contribution in [1.29, 1.82) is 0 Å². The molecule has 4 aromatic rings. The van der Waals surface area contributed by atoms with E-state index in [0.29, 0.717) is 36.2 Å². The zero-order valence-electron chi connectivity index (χ0n) is 18.3. The molecule has 0 saturated carbocycles. The van der Waals surface area contributed by atoms with Gasteiger partial charge in [-0.15, -0.1) is 0 Å². The maximum atomic E-state index is 13.6. The number of aromatic nitrogens is 3. The van der Waals surface area contributed by atoms with Crippen LogP contribution < -0.4 is 10.4 Å². The first kappa shape index (κ1) is 22.8. The van der Waals surface area contributed by atoms with Crippen molar-refractivity contribution in [3.8, 4) is 17.2 Å². The Labute approximate surface area is 203 Å². The average Bonchev–Trinajstić information content (AvgIpc) is 3.41. The van der Waals surface area contributed by atoms with Crippen LogP contribution in [-0.2, 0) is 4.79 Å². The van der Waals surface area contributed by atoms with E-state index >= 15 is 0 Å². The number of hydrogen-bond acceptors (Lipinski definition) is 4. The summed E-state index contributed by atoms with van der Waals surface area (Å²) in [7, 11) is 0. The van der Waals surface area contributed by atoms with Crippen LogP contribution in [0.4, 0.5) is 8.78 Å². The number of rotatable bonds is 5. The zero-order valence-corrected chi connectivity index (χ0v) is 19.1. The Balaban J connectivity index is 1.54. The number of fused-ring (bicyclic) bond motifs is 1. The molecule has 1 atom stereocenters. The van der Waals surface area contributed by atoms with Crippen LogP contribution in [0.25, 0.3) is 16.7 Å². The Kier molecular flexibility index (Phi) is 5.86. The van der Waals surface area contributed by atoms with E-state index in [1.165, 1.54) is 22.8 Å². The van der Waals surface area contributed by atoms with Crippen molar-refractivity contribution in [2.24, 2.45) is 0 Å². The normalized spacial score (nSPS) is 15.5. The third kappa shape index (κ3) is 4.19. The molecule has 0 spiro atoms. The molecule has 1 amide bonds. The largest absolute Gasteiger partial charge is 0.456 e. The summed E-state index contributed by atoms with van der Waals surface area (Å²) in [6.07, 6.45) is 5.08. The highest BCUT2D eigenvalue weighted by Crippen LogP contribution is 2.33. The first-order chi connectivity index (χ1) is 16.9. The van der Waals surface area contributed by atoms with Gasteiger partial charge in [-0.05, 0) is 36.8 Å². The summed E-state index contributed by atoms with van der Waals surface area (Å²) in [5.41, 5.74) is 1.41. The molecule has 1 unspecified atom stereocenters. The van der Waals surface area contributed by atoms with Gasteiger partial charge in [0.2, 0.25) is 5.91 Å². The molecule has 1 saturated heterocycles. The first-order valence-electron chi connectivity index (χ1n) is 10.8. The summed E-state index contributed by atoms with van der Waals surface area (Å²) in [5.74, 6) is -1.61. The minimum absolute atomic E-state index is 0.0463. The van der Waals surface area contributed by atoms with E-state index in [2.05, 4.69) is 11.6 Å². The third-order valence-electron chi connectivity index (χ3n) is 5.93. The van der Waals surface area contributed by atoms with E-state index in [1.54, 1.807) is 34.0 Å². The van der Waals surface area contributed by atoms with Crippen molar-refractivity contribution in [3.05, 3.63) is 94.7 Å². The zero-order chi connectivity index (χ0) is 24.7. The van der Waals surface area contributed by atoms with Gasteiger partial charge in [0, 0.05) is 37.5 Å². The molecule has 35 heavy (non-hydrogen) atoms. The lowest BCUT2D eigenvalue weighted by molar-refractivity contribution is -0.125. The van der Waals surface area contributed by atoms with Gasteiger partial charge in [0.1, 0.15) is 23.1 Å². The van der Waals surface area contributed by atoms with E-state index in [4.69, 9.17) is 16.3 Å². The second kappa shape index (κ2) is 8.99. The van der Waals surface area contributed by atoms with Crippen LogP contribution in [0.3, 0.4) is 0 Å². The SMILES string of the molecule is C=CC(=O)N1CCC(n2c(=O)n(-c3ccc(Oc4cc(F)cc(F)c4)c(Cl)c3)c3cnccc32)C1. The van der Waals surface area contributed by atoms with Gasteiger partial charge in [0.15, 0.2) is 0 Å². The van der Waals surface area contributed by atoms with Crippen molar-refractivity contribution >= 4 is 28.5 Å². The average molecular weight is 497 g/mol. The van der Waals surface area contributed by atoms with Crippen LogP contribution in [0.5, 0.6) is 11.5 Å². The maximum Gasteiger partial charge on any atom is 0.334 e. The highest BCUT2D eigenvalue weighted by Gasteiger charge is 2.30. The lowest BCUT2D eigenvalue weighted by Gasteiger charge is -2.15. The van der Waals surface area contributed by atoms with Gasteiger partial charge in [-0.2, -0.15) is 0 Å². The van der Waals surface area contributed by atoms with Crippen molar-refractivity contribution in [2.45, 2.75) is 12.5 Å². The Bertz CT molecular complexity index is 1510. The number of carbonyl (C=O) groups is 1. The molecule has 0 radical (unpaired) electrons. The van der Waals surface area contributed by atoms with E-state index < -0.39 is 11.6 Å². The van der Waals surface area contributed by atoms with E-state index in [9.17, 15) is 18.4 Å². The van der Waals surface area contributed by atoms with Gasteiger partial charge in [-0.1, -0.05) is 18.2 Å². The number of likely N-dealkylation sites (tertiary alicyclic amines) is 1. The Morgan fingerprint density at radius 2 is 1.91 bits per heavy atom. The van der Waals surface area contributed by atoms with Crippen molar-refractivity contribution in [3.63, 3.8) is 0 Å². The number of nitrogens with zero attached hydrogens (tertiary/aromatic N) is 4. The molecule has 2 aromatic carbocycles. The summed E-state index contributed by atoms with van der Waals surface area (Å²) in [5, 5.41) is 0.146. The summed E-state index contributed by atoms with van der Waals surface area (Å²) in [6.45, 7) is 4.45. The lowest BCUT2D eigenvalue weighted by atomic mass is 10.2. The molecule has 3 heterocycles. The van der Waals surface area contributed by atoms with Gasteiger partial charge in [0.25, 0.3) is 0 Å². The molecule has 1 aliphatic rings. The number of carbonyl (C=O) groups excluding carboxylic acids is 1. The van der Waals surface area contributed by atoms with Crippen molar-refractivity contribution < 1.29 is 18.3 Å². The molecule has 0 aliphatic carbocycles. The fraction of sp³-hybridized carbons (Fsp3) is 0.160. The second-order valence-corrected chi connectivity index (χ2v) is 8.51. The highest BCUT2D eigenvalue weighted by molar-refractivity contribution is 6.32. The minimum Gasteiger partial charge on any atom is -0.456 e. The molecule has 1 aliphatic heterocycles. The quantitative estimate of drug-likeness (QED) is 0.370. The molecule has 2 aromatic heterocycles. The van der Waals surface area contributed by atoms with Gasteiger partial charge in [-0.3, -0.25) is 18.9 Å². The van der Waals surface area contributed by atoms with Crippen LogP contribution >= 0.6 is 11.6 Å². The van der Waals surface area contributed by atoms with Crippen LogP contribution in [0, 0.1) is 11.6 Å². The number of hydrogen-bond donors (Lipinski definition) is 0. The standard InChI is InChI=1S/C25H19ClF2N4O3/c1-2-24(33)30-8-6-18(14-30)32-21-5-7-29-13-22(21)31(25(32)34)17-3-4-23(20(26)12-17)35-19-10-15(27)9-16(28)11-19/h2-5,7,9-13,18H,1,6,8,14H2. The first-order valence-corrected chi connectivity index (χ1v) is 11.2. The monoisotopic (exact) mass is 496 g/mol. The Morgan fingerprint density at radius 3 is 2.63 bits per heavy atom. The van der Waals surface area contributed by atoms with Crippen LogP contribution in [0.2, 0.25) is 5.02 Å². The summed E-state index contributed by atoms with van der Waals surface area (Å²) < 4.78 is 35.7. The number of amides is 1. The Hall–Kier alpha value is -3.98. The van der Waals surface area contributed by atoms with Gasteiger partial charge in [0.05, 0.1) is 34.0 Å². The predicted molar refractivity (Wildman–Crippen MR) is 127 cm³/mol. The molecular weight excluding hydrogens is 478 g/mol. The number of pyridine rings is 1.